The standard InChI is InChI=1S/C13H16N4O2S/c1-2-19-11(18)9-7-16-12(17-10(9)15)20-8-13(3-4-13)5-6-14/h7H,2-5,8H2,1H3,(H2,15,16,17). The van der Waals surface area contributed by atoms with E-state index in [1.807, 2.05) is 0 Å². The molecule has 1 saturated carbocycles. The molecule has 0 spiro atoms. The molecule has 0 atom stereocenters. The number of carbonyl (C=O) groups is 1. The predicted molar refractivity (Wildman–Crippen MR) is 75.0 cm³/mol. The second kappa shape index (κ2) is 6.09. The summed E-state index contributed by atoms with van der Waals surface area (Å²) in [6.07, 6.45) is 4.11. The van der Waals surface area contributed by atoms with Gasteiger partial charge in [0.25, 0.3) is 0 Å². The van der Waals surface area contributed by atoms with Crippen molar-refractivity contribution in [1.82, 2.24) is 9.97 Å². The molecule has 20 heavy (non-hydrogen) atoms. The molecule has 1 aliphatic rings. The molecule has 0 unspecified atom stereocenters. The van der Waals surface area contributed by atoms with E-state index < -0.39 is 5.97 Å². The molecule has 0 aromatic carbocycles. The number of anilines is 1. The lowest BCUT2D eigenvalue weighted by Gasteiger charge is -2.10. The zero-order valence-electron chi connectivity index (χ0n) is 11.3. The SMILES string of the molecule is CCOC(=O)c1cnc(SCC2(CC#N)CC2)nc1N. The molecule has 1 aromatic heterocycles. The Labute approximate surface area is 121 Å². The summed E-state index contributed by atoms with van der Waals surface area (Å²) in [6.45, 7) is 2.01. The highest BCUT2D eigenvalue weighted by molar-refractivity contribution is 7.99. The van der Waals surface area contributed by atoms with E-state index in [0.29, 0.717) is 11.6 Å². The first kappa shape index (κ1) is 14.6. The zero-order chi connectivity index (χ0) is 14.6. The van der Waals surface area contributed by atoms with E-state index in [0.717, 1.165) is 18.6 Å². The molecule has 1 fully saturated rings. The summed E-state index contributed by atoms with van der Waals surface area (Å²) in [6, 6.07) is 2.22. The van der Waals surface area contributed by atoms with E-state index >= 15 is 0 Å². The summed E-state index contributed by atoms with van der Waals surface area (Å²) in [4.78, 5) is 19.8. The molecule has 7 heteroatoms. The number of nitrogens with two attached hydrogens (primary N) is 1. The normalized spacial score (nSPS) is 15.4. The minimum atomic E-state index is -0.510. The van der Waals surface area contributed by atoms with Gasteiger partial charge in [0.2, 0.25) is 0 Å². The maximum Gasteiger partial charge on any atom is 0.343 e. The molecule has 1 aliphatic carbocycles. The van der Waals surface area contributed by atoms with Crippen LogP contribution in [-0.4, -0.2) is 28.3 Å². The fraction of sp³-hybridized carbons (Fsp3) is 0.538. The molecule has 0 radical (unpaired) electrons. The summed E-state index contributed by atoms with van der Waals surface area (Å²) in [5, 5.41) is 9.30. The molecular weight excluding hydrogens is 276 g/mol. The molecule has 0 aliphatic heterocycles. The highest BCUT2D eigenvalue weighted by atomic mass is 32.2. The van der Waals surface area contributed by atoms with Crippen molar-refractivity contribution in [2.75, 3.05) is 18.1 Å². The average molecular weight is 292 g/mol. The molecule has 0 amide bonds. The Bertz CT molecular complexity index is 552. The van der Waals surface area contributed by atoms with Gasteiger partial charge < -0.3 is 10.5 Å². The van der Waals surface area contributed by atoms with Crippen LogP contribution >= 0.6 is 11.8 Å². The van der Waals surface area contributed by atoms with Gasteiger partial charge in [0.05, 0.1) is 12.7 Å². The number of esters is 1. The summed E-state index contributed by atoms with van der Waals surface area (Å²) < 4.78 is 4.86. The minimum absolute atomic E-state index is 0.122. The summed E-state index contributed by atoms with van der Waals surface area (Å²) in [5.74, 6) is 0.425. The highest BCUT2D eigenvalue weighted by Crippen LogP contribution is 2.51. The third kappa shape index (κ3) is 3.39. The molecule has 0 saturated heterocycles. The number of nitriles is 1. The third-order valence-corrected chi connectivity index (χ3v) is 4.42. The quantitative estimate of drug-likeness (QED) is 0.486. The molecule has 2 N–H and O–H groups in total. The van der Waals surface area contributed by atoms with Crippen LogP contribution in [-0.2, 0) is 4.74 Å². The van der Waals surface area contributed by atoms with Crippen LogP contribution < -0.4 is 5.73 Å². The van der Waals surface area contributed by atoms with Crippen LogP contribution in [0, 0.1) is 16.7 Å². The number of nitrogen functional groups attached to an aromatic ring is 1. The largest absolute Gasteiger partial charge is 0.462 e. The molecule has 2 rings (SSSR count). The Morgan fingerprint density at radius 1 is 1.65 bits per heavy atom. The van der Waals surface area contributed by atoms with Crippen molar-refractivity contribution < 1.29 is 9.53 Å². The third-order valence-electron chi connectivity index (χ3n) is 3.21. The van der Waals surface area contributed by atoms with Gasteiger partial charge in [0.15, 0.2) is 5.16 Å². The molecule has 6 nitrogen and oxygen atoms in total. The van der Waals surface area contributed by atoms with E-state index in [-0.39, 0.29) is 23.4 Å². The second-order valence-electron chi connectivity index (χ2n) is 4.80. The molecule has 1 heterocycles. The lowest BCUT2D eigenvalue weighted by molar-refractivity contribution is 0.0526. The fourth-order valence-electron chi connectivity index (χ4n) is 1.75. The van der Waals surface area contributed by atoms with Crippen molar-refractivity contribution in [2.24, 2.45) is 5.41 Å². The maximum absolute atomic E-state index is 11.6. The highest BCUT2D eigenvalue weighted by Gasteiger charge is 2.42. The van der Waals surface area contributed by atoms with E-state index in [1.165, 1.54) is 18.0 Å². The van der Waals surface area contributed by atoms with Gasteiger partial charge in [-0.1, -0.05) is 11.8 Å². The van der Waals surface area contributed by atoms with Crippen LogP contribution in [0.3, 0.4) is 0 Å². The maximum atomic E-state index is 11.6. The van der Waals surface area contributed by atoms with E-state index in [1.54, 1.807) is 6.92 Å². The number of thioether (sulfide) groups is 1. The Morgan fingerprint density at radius 3 is 2.95 bits per heavy atom. The van der Waals surface area contributed by atoms with Gasteiger partial charge in [0.1, 0.15) is 11.4 Å². The number of hydrogen-bond acceptors (Lipinski definition) is 7. The first-order valence-corrected chi connectivity index (χ1v) is 7.38. The van der Waals surface area contributed by atoms with Gasteiger partial charge in [-0.2, -0.15) is 5.26 Å². The number of rotatable bonds is 6. The summed E-state index contributed by atoms with van der Waals surface area (Å²) in [5.41, 5.74) is 6.06. The van der Waals surface area contributed by atoms with E-state index in [9.17, 15) is 4.79 Å². The van der Waals surface area contributed by atoms with Crippen LogP contribution in [0.25, 0.3) is 0 Å². The fourth-order valence-corrected chi connectivity index (χ4v) is 2.86. The number of carbonyl (C=O) groups excluding carboxylic acids is 1. The van der Waals surface area contributed by atoms with Gasteiger partial charge in [-0.15, -0.1) is 0 Å². The van der Waals surface area contributed by atoms with E-state index in [4.69, 9.17) is 15.7 Å². The first-order valence-electron chi connectivity index (χ1n) is 6.39. The number of nitrogens with zero attached hydrogens (tertiary/aromatic N) is 3. The van der Waals surface area contributed by atoms with E-state index in [2.05, 4.69) is 16.0 Å². The van der Waals surface area contributed by atoms with Crippen molar-refractivity contribution in [3.8, 4) is 6.07 Å². The van der Waals surface area contributed by atoms with Crippen molar-refractivity contribution in [1.29, 1.82) is 5.26 Å². The summed E-state index contributed by atoms with van der Waals surface area (Å²) in [7, 11) is 0. The molecule has 0 bridgehead atoms. The van der Waals surface area contributed by atoms with Crippen LogP contribution in [0.4, 0.5) is 5.82 Å². The predicted octanol–water partition coefficient (Wildman–Crippen LogP) is 2.02. The lowest BCUT2D eigenvalue weighted by atomic mass is 10.1. The second-order valence-corrected chi connectivity index (χ2v) is 5.74. The summed E-state index contributed by atoms with van der Waals surface area (Å²) >= 11 is 1.47. The Hall–Kier alpha value is -1.81. The van der Waals surface area contributed by atoms with Crippen molar-refractivity contribution in [2.45, 2.75) is 31.3 Å². The zero-order valence-corrected chi connectivity index (χ0v) is 12.1. The number of aromatic nitrogens is 2. The smallest absolute Gasteiger partial charge is 0.343 e. The number of ether oxygens (including phenoxy) is 1. The van der Waals surface area contributed by atoms with Crippen LogP contribution in [0.15, 0.2) is 11.4 Å². The van der Waals surface area contributed by atoms with Gasteiger partial charge in [-0.3, -0.25) is 0 Å². The van der Waals surface area contributed by atoms with Crippen LogP contribution in [0.5, 0.6) is 0 Å². The van der Waals surface area contributed by atoms with Gasteiger partial charge >= 0.3 is 5.97 Å². The van der Waals surface area contributed by atoms with Gasteiger partial charge in [-0.25, -0.2) is 14.8 Å². The Balaban J connectivity index is 1.99. The van der Waals surface area contributed by atoms with Gasteiger partial charge in [-0.05, 0) is 25.2 Å². The Morgan fingerprint density at radius 2 is 2.40 bits per heavy atom. The van der Waals surface area contributed by atoms with Gasteiger partial charge in [0, 0.05) is 18.4 Å². The van der Waals surface area contributed by atoms with Crippen LogP contribution in [0.1, 0.15) is 36.5 Å². The molecule has 106 valence electrons. The first-order chi connectivity index (χ1) is 9.60. The van der Waals surface area contributed by atoms with Crippen molar-refractivity contribution >= 4 is 23.5 Å². The minimum Gasteiger partial charge on any atom is -0.462 e. The lowest BCUT2D eigenvalue weighted by Crippen LogP contribution is -2.11. The number of hydrogen-bond donors (Lipinski definition) is 1. The van der Waals surface area contributed by atoms with Crippen molar-refractivity contribution in [3.63, 3.8) is 0 Å². The molecule has 1 aromatic rings. The molecular formula is C13H16N4O2S. The average Bonchev–Trinajstić information content (AvgIpc) is 3.17. The van der Waals surface area contributed by atoms with Crippen molar-refractivity contribution in [3.05, 3.63) is 11.8 Å². The monoisotopic (exact) mass is 292 g/mol. The topological polar surface area (TPSA) is 102 Å². The Kier molecular flexibility index (Phi) is 4.45. The van der Waals surface area contributed by atoms with Crippen LogP contribution in [0.2, 0.25) is 0 Å².